The second-order valence-corrected chi connectivity index (χ2v) is 5.41. The van der Waals surface area contributed by atoms with Crippen LogP contribution in [0, 0.1) is 0 Å². The molecule has 0 atom stereocenters. The highest BCUT2D eigenvalue weighted by Crippen LogP contribution is 2.26. The van der Waals surface area contributed by atoms with Gasteiger partial charge in [-0.2, -0.15) is 17.2 Å². The van der Waals surface area contributed by atoms with Crippen LogP contribution in [-0.2, 0) is 19.7 Å². The second kappa shape index (κ2) is 6.62. The molecule has 0 aromatic heterocycles. The Morgan fingerprint density at radius 3 is 2.05 bits per heavy atom. The third-order valence-corrected chi connectivity index (χ3v) is 3.07. The van der Waals surface area contributed by atoms with Crippen LogP contribution in [0.1, 0.15) is 6.42 Å². The van der Waals surface area contributed by atoms with Crippen LogP contribution in [0.25, 0.3) is 0 Å². The number of carbonyl (C=O) groups is 2. The maximum atomic E-state index is 12.9. The molecule has 0 unspecified atom stereocenters. The highest BCUT2D eigenvalue weighted by atomic mass is 32.2. The zero-order chi connectivity index (χ0) is 17.0. The highest BCUT2D eigenvalue weighted by molar-refractivity contribution is 7.86. The number of rotatable bonds is 6. The Kier molecular flexibility index (Phi) is 5.33. The molecule has 0 aliphatic rings. The molecule has 0 saturated heterocycles. The van der Waals surface area contributed by atoms with E-state index in [0.717, 1.165) is 18.2 Å². The first-order valence-electron chi connectivity index (χ1n) is 5.55. The minimum Gasteiger partial charge on any atom is -0.426 e. The van der Waals surface area contributed by atoms with E-state index in [0.29, 0.717) is 0 Å². The molecule has 1 aromatic carbocycles. The van der Waals surface area contributed by atoms with E-state index in [2.05, 4.69) is 11.3 Å². The van der Waals surface area contributed by atoms with Gasteiger partial charge in [0.2, 0.25) is 0 Å². The number of hydrogen-bond acceptors (Lipinski definition) is 6. The Hall–Kier alpha value is -2.33. The van der Waals surface area contributed by atoms with Crippen molar-refractivity contribution in [1.82, 2.24) is 0 Å². The first-order chi connectivity index (χ1) is 10.0. The molecule has 1 aromatic rings. The molecule has 120 valence electrons. The maximum absolute atomic E-state index is 12.9. The fourth-order valence-electron chi connectivity index (χ4n) is 1.16. The minimum absolute atomic E-state index is 0.0907. The molecule has 0 heterocycles. The lowest BCUT2D eigenvalue weighted by molar-refractivity contribution is -0.138. The van der Waals surface area contributed by atoms with Crippen LogP contribution in [0.15, 0.2) is 36.9 Å². The van der Waals surface area contributed by atoms with E-state index in [1.54, 1.807) is 0 Å². The van der Waals surface area contributed by atoms with Crippen molar-refractivity contribution < 1.29 is 40.8 Å². The third-order valence-electron chi connectivity index (χ3n) is 2.17. The van der Waals surface area contributed by atoms with Gasteiger partial charge in [0.25, 0.3) is 0 Å². The van der Waals surface area contributed by atoms with Gasteiger partial charge in [0.1, 0.15) is 17.9 Å². The predicted octanol–water partition coefficient (Wildman–Crippen LogP) is 1.55. The van der Waals surface area contributed by atoms with Crippen LogP contribution in [0.3, 0.4) is 0 Å². The minimum atomic E-state index is -5.71. The summed E-state index contributed by atoms with van der Waals surface area (Å²) in [6.45, 7) is 3.18. The van der Waals surface area contributed by atoms with E-state index in [1.807, 2.05) is 0 Å². The number of benzene rings is 1. The van der Waals surface area contributed by atoms with Gasteiger partial charge in [-0.05, 0) is 24.3 Å². The fraction of sp³-hybridized carbons (Fsp3) is 0.167. The van der Waals surface area contributed by atoms with Gasteiger partial charge in [0.05, 0.1) is 0 Å². The van der Waals surface area contributed by atoms with Gasteiger partial charge in [-0.1, -0.05) is 6.58 Å². The zero-order valence-corrected chi connectivity index (χ0v) is 11.7. The van der Waals surface area contributed by atoms with Crippen molar-refractivity contribution in [2.75, 3.05) is 0 Å². The van der Waals surface area contributed by atoms with Gasteiger partial charge in [0, 0.05) is 6.08 Å². The summed E-state index contributed by atoms with van der Waals surface area (Å²) in [5.41, 5.74) is 0. The largest absolute Gasteiger partial charge is 0.426 e. The molecule has 10 heteroatoms. The molecule has 0 bridgehead atoms. The van der Waals surface area contributed by atoms with Crippen molar-refractivity contribution in [2.45, 2.75) is 11.7 Å². The first kappa shape index (κ1) is 17.7. The fourth-order valence-corrected chi connectivity index (χ4v) is 1.46. The lowest BCUT2D eigenvalue weighted by Crippen LogP contribution is -2.32. The van der Waals surface area contributed by atoms with Gasteiger partial charge in [-0.25, -0.2) is 4.79 Å². The summed E-state index contributed by atoms with van der Waals surface area (Å²) in [6.07, 6.45) is -0.926. The van der Waals surface area contributed by atoms with Gasteiger partial charge in [0.15, 0.2) is 0 Å². The number of alkyl halides is 2. The van der Waals surface area contributed by atoms with Crippen LogP contribution in [0.4, 0.5) is 8.78 Å². The molecule has 0 radical (unpaired) electrons. The lowest BCUT2D eigenvalue weighted by Gasteiger charge is -2.12. The molecule has 1 N–H and O–H groups in total. The summed E-state index contributed by atoms with van der Waals surface area (Å²) >= 11 is 0. The molecule has 0 fully saturated rings. The van der Waals surface area contributed by atoms with Crippen molar-refractivity contribution in [3.8, 4) is 11.5 Å². The lowest BCUT2D eigenvalue weighted by atomic mass is 10.3. The smallest absolute Gasteiger partial charge is 0.380 e. The summed E-state index contributed by atoms with van der Waals surface area (Å²) in [5, 5.41) is -4.65. The van der Waals surface area contributed by atoms with E-state index >= 15 is 0 Å². The summed E-state index contributed by atoms with van der Waals surface area (Å²) in [5.74, 6) is -2.39. The molecule has 0 amide bonds. The average molecular weight is 336 g/mol. The second-order valence-electron chi connectivity index (χ2n) is 3.86. The Labute approximate surface area is 123 Å². The average Bonchev–Trinajstić information content (AvgIpc) is 2.38. The molecule has 7 nitrogen and oxygen atoms in total. The molecular formula is C12H10F2O7S. The Morgan fingerprint density at radius 1 is 1.18 bits per heavy atom. The molecule has 0 spiro atoms. The summed E-state index contributed by atoms with van der Waals surface area (Å²) in [6, 6.07) is 4.69. The highest BCUT2D eigenvalue weighted by Gasteiger charge is 2.46. The van der Waals surface area contributed by atoms with E-state index in [4.69, 9.17) is 9.29 Å². The monoisotopic (exact) mass is 336 g/mol. The molecular weight excluding hydrogens is 326 g/mol. The van der Waals surface area contributed by atoms with Crippen molar-refractivity contribution in [3.05, 3.63) is 36.9 Å². The molecule has 0 saturated carbocycles. The van der Waals surface area contributed by atoms with Crippen LogP contribution >= 0.6 is 0 Å². The quantitative estimate of drug-likeness (QED) is 0.363. The van der Waals surface area contributed by atoms with E-state index in [9.17, 15) is 26.8 Å². The summed E-state index contributed by atoms with van der Waals surface area (Å²) in [4.78, 5) is 22.1. The summed E-state index contributed by atoms with van der Waals surface area (Å²) < 4.78 is 64.0. The number of ether oxygens (including phenoxy) is 2. The first-order valence-corrected chi connectivity index (χ1v) is 6.99. The standard InChI is InChI=1S/C12H10F2O7S/c1-2-10(15)20-8-3-5-9(6-4-8)21-11(16)7-12(13,14)22(17,18)19/h2-6H,1,7H2,(H,17,18,19). The number of halogens is 2. The maximum Gasteiger partial charge on any atom is 0.380 e. The van der Waals surface area contributed by atoms with Crippen molar-refractivity contribution in [3.63, 3.8) is 0 Å². The van der Waals surface area contributed by atoms with E-state index < -0.39 is 33.7 Å². The van der Waals surface area contributed by atoms with Gasteiger partial charge >= 0.3 is 27.3 Å². The number of hydrogen-bond donors (Lipinski definition) is 1. The normalized spacial score (nSPS) is 11.6. The Balaban J connectivity index is 2.70. The molecule has 1 rings (SSSR count). The van der Waals surface area contributed by atoms with Crippen molar-refractivity contribution in [1.29, 1.82) is 0 Å². The third kappa shape index (κ3) is 4.90. The number of esters is 2. The van der Waals surface area contributed by atoms with Crippen LogP contribution in [-0.4, -0.2) is 30.2 Å². The SMILES string of the molecule is C=CC(=O)Oc1ccc(OC(=O)CC(F)(F)S(=O)(=O)O)cc1. The van der Waals surface area contributed by atoms with Crippen molar-refractivity contribution >= 4 is 22.1 Å². The van der Waals surface area contributed by atoms with Crippen LogP contribution in [0.5, 0.6) is 11.5 Å². The molecule has 0 aliphatic heterocycles. The van der Waals surface area contributed by atoms with Gasteiger partial charge < -0.3 is 9.47 Å². The molecule has 22 heavy (non-hydrogen) atoms. The zero-order valence-electron chi connectivity index (χ0n) is 10.9. The molecule has 0 aliphatic carbocycles. The summed E-state index contributed by atoms with van der Waals surface area (Å²) in [7, 11) is -5.71. The van der Waals surface area contributed by atoms with Crippen molar-refractivity contribution in [2.24, 2.45) is 0 Å². The Morgan fingerprint density at radius 2 is 1.64 bits per heavy atom. The number of carbonyl (C=O) groups excluding carboxylic acids is 2. The topological polar surface area (TPSA) is 107 Å². The van der Waals surface area contributed by atoms with E-state index in [-0.39, 0.29) is 11.5 Å². The predicted molar refractivity (Wildman–Crippen MR) is 69.0 cm³/mol. The van der Waals surface area contributed by atoms with Crippen LogP contribution < -0.4 is 9.47 Å². The van der Waals surface area contributed by atoms with Crippen LogP contribution in [0.2, 0.25) is 0 Å². The van der Waals surface area contributed by atoms with Gasteiger partial charge in [-0.15, -0.1) is 0 Å². The van der Waals surface area contributed by atoms with Gasteiger partial charge in [-0.3, -0.25) is 9.35 Å². The Bertz CT molecular complexity index is 680. The van der Waals surface area contributed by atoms with E-state index in [1.165, 1.54) is 12.1 Å².